The molecule has 1 fully saturated rings. The number of nitrogens with one attached hydrogen (secondary N) is 1. The Hall–Kier alpha value is -0.0600. The van der Waals surface area contributed by atoms with Gasteiger partial charge in [0.2, 0.25) is 0 Å². The van der Waals surface area contributed by atoms with Crippen LogP contribution in [0.15, 0.2) is 15.9 Å². The highest BCUT2D eigenvalue weighted by Gasteiger charge is 2.43. The third-order valence-corrected chi connectivity index (χ3v) is 4.42. The lowest BCUT2D eigenvalue weighted by Crippen LogP contribution is -2.37. The van der Waals surface area contributed by atoms with Gasteiger partial charge in [-0.05, 0) is 40.9 Å². The van der Waals surface area contributed by atoms with Crippen LogP contribution in [-0.2, 0) is 0 Å². The van der Waals surface area contributed by atoms with Crippen molar-refractivity contribution in [1.82, 2.24) is 5.32 Å². The number of carbonyl (C=O) groups excluding carboxylic acids is 1. The summed E-state index contributed by atoms with van der Waals surface area (Å²) in [6.45, 7) is 0. The average molecular weight is 295 g/mol. The van der Waals surface area contributed by atoms with Crippen molar-refractivity contribution >= 4 is 44.8 Å². The number of alkyl halides is 1. The molecule has 0 radical (unpaired) electrons. The fraction of sp³-hybridized carbons (Fsp3) is 0.444. The Morgan fingerprint density at radius 1 is 1.64 bits per heavy atom. The number of halogens is 2. The van der Waals surface area contributed by atoms with Gasteiger partial charge in [-0.25, -0.2) is 0 Å². The van der Waals surface area contributed by atoms with Gasteiger partial charge in [-0.2, -0.15) is 0 Å². The fourth-order valence-corrected chi connectivity index (χ4v) is 2.80. The zero-order valence-electron chi connectivity index (χ0n) is 7.35. The van der Waals surface area contributed by atoms with Gasteiger partial charge < -0.3 is 5.32 Å². The molecule has 76 valence electrons. The first-order valence-electron chi connectivity index (χ1n) is 4.29. The number of carbonyl (C=O) groups is 1. The van der Waals surface area contributed by atoms with Crippen molar-refractivity contribution in [2.45, 2.75) is 18.4 Å². The maximum atomic E-state index is 11.7. The quantitative estimate of drug-likeness (QED) is 0.853. The molecule has 0 aromatic carbocycles. The van der Waals surface area contributed by atoms with E-state index in [2.05, 4.69) is 21.2 Å². The molecule has 0 unspecified atom stereocenters. The van der Waals surface area contributed by atoms with Crippen molar-refractivity contribution in [2.75, 3.05) is 5.88 Å². The lowest BCUT2D eigenvalue weighted by atomic mass is 10.3. The predicted molar refractivity (Wildman–Crippen MR) is 62.2 cm³/mol. The standard InChI is InChI=1S/C9H9BrClNOS/c10-7-2-1-6(14-7)8(13)12-9(5-11)3-4-9/h1-2H,3-5H2,(H,12,13). The molecule has 1 aliphatic rings. The summed E-state index contributed by atoms with van der Waals surface area (Å²) in [6.07, 6.45) is 1.99. The van der Waals surface area contributed by atoms with Crippen LogP contribution in [0.25, 0.3) is 0 Å². The average Bonchev–Trinajstić information content (AvgIpc) is 2.80. The molecule has 5 heteroatoms. The van der Waals surface area contributed by atoms with Crippen LogP contribution in [-0.4, -0.2) is 17.3 Å². The summed E-state index contributed by atoms with van der Waals surface area (Å²) >= 11 is 10.5. The van der Waals surface area contributed by atoms with E-state index in [1.165, 1.54) is 11.3 Å². The van der Waals surface area contributed by atoms with Gasteiger partial charge in [-0.3, -0.25) is 4.79 Å². The maximum absolute atomic E-state index is 11.7. The zero-order chi connectivity index (χ0) is 10.2. The molecule has 14 heavy (non-hydrogen) atoms. The second-order valence-corrected chi connectivity index (χ2v) is 6.20. The Morgan fingerprint density at radius 2 is 2.36 bits per heavy atom. The van der Waals surface area contributed by atoms with Crippen LogP contribution in [0.2, 0.25) is 0 Å². The van der Waals surface area contributed by atoms with Crippen LogP contribution < -0.4 is 5.32 Å². The normalized spacial score (nSPS) is 17.9. The van der Waals surface area contributed by atoms with Crippen molar-refractivity contribution in [2.24, 2.45) is 0 Å². The Morgan fingerprint density at radius 3 is 2.79 bits per heavy atom. The van der Waals surface area contributed by atoms with E-state index in [-0.39, 0.29) is 11.4 Å². The Balaban J connectivity index is 2.03. The summed E-state index contributed by atoms with van der Waals surface area (Å²) in [5, 5.41) is 2.97. The Bertz CT molecular complexity index is 361. The molecule has 1 aromatic rings. The van der Waals surface area contributed by atoms with E-state index in [9.17, 15) is 4.79 Å². The topological polar surface area (TPSA) is 29.1 Å². The molecule has 1 aromatic heterocycles. The molecule has 1 amide bonds. The molecule has 2 nitrogen and oxygen atoms in total. The lowest BCUT2D eigenvalue weighted by Gasteiger charge is -2.12. The summed E-state index contributed by atoms with van der Waals surface area (Å²) in [4.78, 5) is 12.4. The van der Waals surface area contributed by atoms with Crippen molar-refractivity contribution in [1.29, 1.82) is 0 Å². The number of amides is 1. The predicted octanol–water partition coefficient (Wildman–Crippen LogP) is 3.01. The highest BCUT2D eigenvalue weighted by atomic mass is 79.9. The first-order valence-corrected chi connectivity index (χ1v) is 6.43. The maximum Gasteiger partial charge on any atom is 0.261 e. The van der Waals surface area contributed by atoms with E-state index in [4.69, 9.17) is 11.6 Å². The molecule has 0 bridgehead atoms. The van der Waals surface area contributed by atoms with E-state index in [1.807, 2.05) is 12.1 Å². The van der Waals surface area contributed by atoms with Gasteiger partial charge in [-0.15, -0.1) is 22.9 Å². The third-order valence-electron chi connectivity index (χ3n) is 2.29. The van der Waals surface area contributed by atoms with E-state index < -0.39 is 0 Å². The van der Waals surface area contributed by atoms with E-state index >= 15 is 0 Å². The smallest absolute Gasteiger partial charge is 0.261 e. The molecule has 0 saturated heterocycles. The van der Waals surface area contributed by atoms with Crippen LogP contribution in [0.5, 0.6) is 0 Å². The SMILES string of the molecule is O=C(NC1(CCl)CC1)c1ccc(Br)s1. The molecule has 0 aliphatic heterocycles. The second-order valence-electron chi connectivity index (χ2n) is 3.47. The minimum atomic E-state index is -0.116. The van der Waals surface area contributed by atoms with Gasteiger partial charge in [-0.1, -0.05) is 0 Å². The molecule has 0 spiro atoms. The van der Waals surface area contributed by atoms with Gasteiger partial charge in [0.05, 0.1) is 14.2 Å². The highest BCUT2D eigenvalue weighted by Crippen LogP contribution is 2.37. The van der Waals surface area contributed by atoms with Gasteiger partial charge in [0.15, 0.2) is 0 Å². The number of thiophene rings is 1. The zero-order valence-corrected chi connectivity index (χ0v) is 10.5. The largest absolute Gasteiger partial charge is 0.345 e. The van der Waals surface area contributed by atoms with E-state index in [0.29, 0.717) is 5.88 Å². The van der Waals surface area contributed by atoms with Crippen molar-refractivity contribution < 1.29 is 4.79 Å². The van der Waals surface area contributed by atoms with Crippen LogP contribution in [0.3, 0.4) is 0 Å². The van der Waals surface area contributed by atoms with Gasteiger partial charge in [0.25, 0.3) is 5.91 Å². The summed E-state index contributed by atoms with van der Waals surface area (Å²) in [6, 6.07) is 3.69. The molecule has 2 rings (SSSR count). The van der Waals surface area contributed by atoms with Crippen LogP contribution in [0.4, 0.5) is 0 Å². The second kappa shape index (κ2) is 3.83. The van der Waals surface area contributed by atoms with Crippen LogP contribution >= 0.6 is 38.9 Å². The summed E-state index contributed by atoms with van der Waals surface area (Å²) in [5.41, 5.74) is -0.116. The molecule has 1 N–H and O–H groups in total. The summed E-state index contributed by atoms with van der Waals surface area (Å²) in [7, 11) is 0. The number of hydrogen-bond acceptors (Lipinski definition) is 2. The van der Waals surface area contributed by atoms with Crippen molar-refractivity contribution in [3.8, 4) is 0 Å². The minimum Gasteiger partial charge on any atom is -0.345 e. The first kappa shape index (κ1) is 10.5. The summed E-state index contributed by atoms with van der Waals surface area (Å²) < 4.78 is 0.971. The van der Waals surface area contributed by atoms with E-state index in [0.717, 1.165) is 21.5 Å². The third kappa shape index (κ3) is 2.12. The molecular weight excluding hydrogens is 286 g/mol. The van der Waals surface area contributed by atoms with Gasteiger partial charge in [0.1, 0.15) is 0 Å². The van der Waals surface area contributed by atoms with Crippen molar-refractivity contribution in [3.05, 3.63) is 20.8 Å². The lowest BCUT2D eigenvalue weighted by molar-refractivity contribution is 0.0940. The van der Waals surface area contributed by atoms with Crippen molar-refractivity contribution in [3.63, 3.8) is 0 Å². The molecule has 1 saturated carbocycles. The Kier molecular flexibility index (Phi) is 2.86. The number of rotatable bonds is 3. The fourth-order valence-electron chi connectivity index (χ4n) is 1.18. The van der Waals surface area contributed by atoms with Gasteiger partial charge in [0, 0.05) is 5.88 Å². The summed E-state index contributed by atoms with van der Waals surface area (Å²) in [5.74, 6) is 0.490. The first-order chi connectivity index (χ1) is 6.65. The molecule has 1 aliphatic carbocycles. The monoisotopic (exact) mass is 293 g/mol. The molecule has 1 heterocycles. The highest BCUT2D eigenvalue weighted by molar-refractivity contribution is 9.11. The van der Waals surface area contributed by atoms with Crippen LogP contribution in [0, 0.1) is 0 Å². The minimum absolute atomic E-state index is 0.0150. The molecular formula is C9H9BrClNOS. The number of hydrogen-bond donors (Lipinski definition) is 1. The molecule has 0 atom stereocenters. The Labute approximate surface area is 99.8 Å². The van der Waals surface area contributed by atoms with Crippen LogP contribution in [0.1, 0.15) is 22.5 Å². The van der Waals surface area contributed by atoms with Gasteiger partial charge >= 0.3 is 0 Å². The van der Waals surface area contributed by atoms with E-state index in [1.54, 1.807) is 0 Å².